The second-order valence-electron chi connectivity index (χ2n) is 6.31. The number of nitrogens with one attached hydrogen (secondary N) is 1. The first-order chi connectivity index (χ1) is 11.6. The number of carbonyl (C=O) groups is 2. The van der Waals surface area contributed by atoms with Gasteiger partial charge in [-0.3, -0.25) is 9.59 Å². The Kier molecular flexibility index (Phi) is 16.8. The first kappa shape index (κ1) is 23.4. The summed E-state index contributed by atoms with van der Waals surface area (Å²) in [5, 5.41) is 3.03. The van der Waals surface area contributed by atoms with E-state index in [9.17, 15) is 9.59 Å². The Morgan fingerprint density at radius 1 is 0.917 bits per heavy atom. The van der Waals surface area contributed by atoms with E-state index in [0.29, 0.717) is 18.9 Å². The first-order valence-corrected chi connectivity index (χ1v) is 10.3. The van der Waals surface area contributed by atoms with Crippen LogP contribution in [0.15, 0.2) is 0 Å². The molecule has 1 N–H and O–H groups in total. The van der Waals surface area contributed by atoms with Crippen LogP contribution in [0.1, 0.15) is 58.8 Å². The van der Waals surface area contributed by atoms with Crippen LogP contribution < -0.4 is 5.32 Å². The molecule has 0 spiro atoms. The van der Waals surface area contributed by atoms with E-state index in [1.807, 2.05) is 0 Å². The summed E-state index contributed by atoms with van der Waals surface area (Å²) in [5.41, 5.74) is 0. The monoisotopic (exact) mass is 361 g/mol. The van der Waals surface area contributed by atoms with Gasteiger partial charge in [0.2, 0.25) is 11.0 Å². The average molecular weight is 362 g/mol. The summed E-state index contributed by atoms with van der Waals surface area (Å²) in [7, 11) is 0. The third-order valence-corrected chi connectivity index (χ3v) is 3.98. The fourth-order valence-electron chi connectivity index (χ4n) is 2.08. The molecule has 1 amide bonds. The van der Waals surface area contributed by atoms with Crippen molar-refractivity contribution in [2.24, 2.45) is 5.92 Å². The van der Waals surface area contributed by atoms with E-state index < -0.39 is 0 Å². The second-order valence-corrected chi connectivity index (χ2v) is 7.17. The molecule has 142 valence electrons. The van der Waals surface area contributed by atoms with Gasteiger partial charge in [0.1, 0.15) is 6.61 Å². The van der Waals surface area contributed by atoms with Crippen LogP contribution in [0.5, 0.6) is 0 Å². The Labute approximate surface area is 151 Å². The van der Waals surface area contributed by atoms with Gasteiger partial charge in [0.15, 0.2) is 0 Å². The fraction of sp³-hybridized carbons (Fsp3) is 0.889. The lowest BCUT2D eigenvalue weighted by Gasteiger charge is -2.07. The van der Waals surface area contributed by atoms with Gasteiger partial charge in [-0.1, -0.05) is 25.6 Å². The predicted octanol–water partition coefficient (Wildman–Crippen LogP) is 3.41. The maximum absolute atomic E-state index is 11.4. The van der Waals surface area contributed by atoms with Crippen LogP contribution >= 0.6 is 11.8 Å². The van der Waals surface area contributed by atoms with Crippen molar-refractivity contribution < 1.29 is 19.1 Å². The fourth-order valence-corrected chi connectivity index (χ4v) is 2.28. The van der Waals surface area contributed by atoms with Crippen LogP contribution in [0.4, 0.5) is 0 Å². The molecule has 6 heteroatoms. The maximum atomic E-state index is 11.4. The summed E-state index contributed by atoms with van der Waals surface area (Å²) in [6.07, 6.45) is 8.59. The van der Waals surface area contributed by atoms with Crippen LogP contribution in [0.3, 0.4) is 0 Å². The van der Waals surface area contributed by atoms with Gasteiger partial charge in [0.05, 0.1) is 0 Å². The molecule has 0 unspecified atom stereocenters. The van der Waals surface area contributed by atoms with E-state index in [-0.39, 0.29) is 17.6 Å². The molecule has 0 rings (SSSR count). The standard InChI is InChI=1S/C18H35NO4S/c1-16(2)14-17(20)19-10-6-4-7-11-22-12-8-5-9-13-23-15-18(21)24-3/h16H,4-15H2,1-3H3,(H,19,20). The van der Waals surface area contributed by atoms with Crippen molar-refractivity contribution in [3.05, 3.63) is 0 Å². The molecule has 0 radical (unpaired) electrons. The summed E-state index contributed by atoms with van der Waals surface area (Å²) >= 11 is 1.21. The number of thioether (sulfide) groups is 1. The quantitative estimate of drug-likeness (QED) is 0.427. The minimum atomic E-state index is 0.0813. The highest BCUT2D eigenvalue weighted by atomic mass is 32.2. The zero-order valence-corrected chi connectivity index (χ0v) is 16.4. The van der Waals surface area contributed by atoms with Crippen molar-refractivity contribution in [2.45, 2.75) is 58.8 Å². The number of hydrogen-bond donors (Lipinski definition) is 1. The first-order valence-electron chi connectivity index (χ1n) is 9.05. The average Bonchev–Trinajstić information content (AvgIpc) is 2.54. The van der Waals surface area contributed by atoms with E-state index in [0.717, 1.165) is 58.3 Å². The van der Waals surface area contributed by atoms with Crippen LogP contribution in [-0.4, -0.2) is 50.3 Å². The van der Waals surface area contributed by atoms with E-state index >= 15 is 0 Å². The molecule has 0 aliphatic heterocycles. The minimum Gasteiger partial charge on any atom is -0.381 e. The molecule has 0 bridgehead atoms. The molecular weight excluding hydrogens is 326 g/mol. The Bertz CT molecular complexity index is 324. The van der Waals surface area contributed by atoms with Crippen LogP contribution in [0.25, 0.3) is 0 Å². The van der Waals surface area contributed by atoms with Crippen molar-refractivity contribution in [3.63, 3.8) is 0 Å². The number of hydrogen-bond acceptors (Lipinski definition) is 5. The van der Waals surface area contributed by atoms with Gasteiger partial charge < -0.3 is 14.8 Å². The van der Waals surface area contributed by atoms with E-state index in [4.69, 9.17) is 9.47 Å². The topological polar surface area (TPSA) is 64.6 Å². The van der Waals surface area contributed by atoms with Crippen molar-refractivity contribution in [3.8, 4) is 0 Å². The molecule has 0 aromatic heterocycles. The van der Waals surface area contributed by atoms with Crippen molar-refractivity contribution in [1.82, 2.24) is 5.32 Å². The van der Waals surface area contributed by atoms with Gasteiger partial charge in [0.25, 0.3) is 0 Å². The summed E-state index contributed by atoms with van der Waals surface area (Å²) < 4.78 is 10.9. The van der Waals surface area contributed by atoms with Gasteiger partial charge in [-0.25, -0.2) is 0 Å². The van der Waals surface area contributed by atoms with Crippen molar-refractivity contribution >= 4 is 22.8 Å². The number of unbranched alkanes of at least 4 members (excludes halogenated alkanes) is 4. The van der Waals surface area contributed by atoms with E-state index in [1.54, 1.807) is 6.26 Å². The zero-order valence-electron chi connectivity index (χ0n) is 15.6. The Balaban J connectivity index is 3.13. The molecule has 24 heavy (non-hydrogen) atoms. The molecule has 0 aliphatic rings. The lowest BCUT2D eigenvalue weighted by molar-refractivity contribution is -0.121. The summed E-state index contributed by atoms with van der Waals surface area (Å²) in [6, 6.07) is 0. The predicted molar refractivity (Wildman–Crippen MR) is 100 cm³/mol. The normalized spacial score (nSPS) is 11.0. The molecular formula is C18H35NO4S. The third kappa shape index (κ3) is 17.8. The SMILES string of the molecule is CSC(=O)COCCCCCOCCCCCNC(=O)CC(C)C. The van der Waals surface area contributed by atoms with Gasteiger partial charge >= 0.3 is 0 Å². The van der Waals surface area contributed by atoms with Gasteiger partial charge in [-0.15, -0.1) is 0 Å². The van der Waals surface area contributed by atoms with Crippen molar-refractivity contribution in [2.75, 3.05) is 39.2 Å². The summed E-state index contributed by atoms with van der Waals surface area (Å²) in [5.74, 6) is 0.575. The lowest BCUT2D eigenvalue weighted by atomic mass is 10.1. The Hall–Kier alpha value is -0.590. The number of ether oxygens (including phenoxy) is 2. The van der Waals surface area contributed by atoms with Gasteiger partial charge in [-0.2, -0.15) is 0 Å². The zero-order chi connectivity index (χ0) is 18.0. The number of rotatable bonds is 16. The molecule has 0 fully saturated rings. The highest BCUT2D eigenvalue weighted by Gasteiger charge is 2.03. The second kappa shape index (κ2) is 17.2. The number of carbonyl (C=O) groups excluding carboxylic acids is 2. The summed E-state index contributed by atoms with van der Waals surface area (Å²) in [6.45, 7) is 7.32. The molecule has 0 atom stereocenters. The molecule has 0 saturated heterocycles. The van der Waals surface area contributed by atoms with E-state index in [1.165, 1.54) is 11.8 Å². The molecule has 0 saturated carbocycles. The molecule has 0 aromatic carbocycles. The molecule has 0 heterocycles. The highest BCUT2D eigenvalue weighted by molar-refractivity contribution is 8.13. The highest BCUT2D eigenvalue weighted by Crippen LogP contribution is 2.01. The van der Waals surface area contributed by atoms with Crippen LogP contribution in [-0.2, 0) is 19.1 Å². The van der Waals surface area contributed by atoms with Crippen molar-refractivity contribution in [1.29, 1.82) is 0 Å². The number of amides is 1. The Morgan fingerprint density at radius 3 is 2.08 bits per heavy atom. The largest absolute Gasteiger partial charge is 0.381 e. The summed E-state index contributed by atoms with van der Waals surface area (Å²) in [4.78, 5) is 22.4. The smallest absolute Gasteiger partial charge is 0.220 e. The minimum absolute atomic E-state index is 0.0813. The molecule has 0 aromatic rings. The third-order valence-electron chi connectivity index (χ3n) is 3.41. The maximum Gasteiger partial charge on any atom is 0.220 e. The molecule has 0 aliphatic carbocycles. The Morgan fingerprint density at radius 2 is 1.50 bits per heavy atom. The van der Waals surface area contributed by atoms with Gasteiger partial charge in [-0.05, 0) is 50.7 Å². The van der Waals surface area contributed by atoms with Crippen LogP contribution in [0, 0.1) is 5.92 Å². The lowest BCUT2D eigenvalue weighted by Crippen LogP contribution is -2.25. The van der Waals surface area contributed by atoms with E-state index in [2.05, 4.69) is 19.2 Å². The van der Waals surface area contributed by atoms with Crippen LogP contribution in [0.2, 0.25) is 0 Å². The van der Waals surface area contributed by atoms with Gasteiger partial charge in [0, 0.05) is 32.8 Å². The molecule has 5 nitrogen and oxygen atoms in total.